The summed E-state index contributed by atoms with van der Waals surface area (Å²) in [5.74, 6) is -3.59. The van der Waals surface area contributed by atoms with Gasteiger partial charge in [-0.1, -0.05) is 5.16 Å². The Morgan fingerprint density at radius 2 is 2.11 bits per heavy atom. The van der Waals surface area contributed by atoms with Gasteiger partial charge in [-0.3, -0.25) is 19.1 Å². The molecule has 1 fully saturated rings. The smallest absolute Gasteiger partial charge is 0.362 e. The van der Waals surface area contributed by atoms with Gasteiger partial charge in [0.15, 0.2) is 10.8 Å². The number of oxime groups is 1. The highest BCUT2D eigenvalue weighted by atomic mass is 32.2. The molecule has 0 spiro atoms. The molecule has 1 aliphatic heterocycles. The maximum atomic E-state index is 13.1. The Bertz CT molecular complexity index is 1370. The number of carboxylic acids is 1. The number of hydrogen-bond donors (Lipinski definition) is 5. The van der Waals surface area contributed by atoms with Crippen molar-refractivity contribution in [3.63, 3.8) is 0 Å². The van der Waals surface area contributed by atoms with E-state index in [9.17, 15) is 32.5 Å². The second-order valence-corrected chi connectivity index (χ2v) is 10.1. The normalized spacial score (nSPS) is 18.6. The van der Waals surface area contributed by atoms with Crippen molar-refractivity contribution in [2.75, 3.05) is 5.73 Å². The highest BCUT2D eigenvalue weighted by Gasteiger charge is 2.54. The Labute approximate surface area is 212 Å². The van der Waals surface area contributed by atoms with Gasteiger partial charge in [-0.25, -0.2) is 14.1 Å². The van der Waals surface area contributed by atoms with Crippen LogP contribution < -0.4 is 16.8 Å². The number of aliphatic imine (C=N–C) groups is 1. The monoisotopic (exact) mass is 558 g/mol. The zero-order valence-electron chi connectivity index (χ0n) is 19.2. The second-order valence-electron chi connectivity index (χ2n) is 7.93. The van der Waals surface area contributed by atoms with E-state index in [2.05, 4.69) is 30.6 Å². The van der Waals surface area contributed by atoms with E-state index in [1.54, 1.807) is 0 Å². The molecule has 7 N–H and O–H groups in total. The minimum absolute atomic E-state index is 0.0580. The predicted octanol–water partition coefficient (Wildman–Crippen LogP) is -2.41. The molecule has 0 aliphatic carbocycles. The van der Waals surface area contributed by atoms with Crippen LogP contribution in [0.4, 0.5) is 5.13 Å². The molecule has 3 rings (SSSR count). The lowest BCUT2D eigenvalue weighted by Gasteiger charge is -2.43. The Morgan fingerprint density at radius 1 is 1.41 bits per heavy atom. The number of carboxylic acid groups (broad SMARTS) is 1. The van der Waals surface area contributed by atoms with Crippen LogP contribution in [0.2, 0.25) is 0 Å². The molecule has 20 heteroatoms. The van der Waals surface area contributed by atoms with Crippen LogP contribution in [0.15, 0.2) is 21.7 Å². The van der Waals surface area contributed by atoms with Gasteiger partial charge in [-0.05, 0) is 13.8 Å². The van der Waals surface area contributed by atoms with E-state index < -0.39 is 51.5 Å². The van der Waals surface area contributed by atoms with Crippen molar-refractivity contribution in [1.29, 1.82) is 0 Å². The molecule has 18 nitrogen and oxygen atoms in total. The maximum absolute atomic E-state index is 13.1. The summed E-state index contributed by atoms with van der Waals surface area (Å²) in [5, 5.41) is 24.6. The lowest BCUT2D eigenvalue weighted by molar-refractivity contribution is -0.161. The first-order valence-corrected chi connectivity index (χ1v) is 12.4. The third kappa shape index (κ3) is 6.16. The average Bonchev–Trinajstić information content (AvgIpc) is 3.43. The summed E-state index contributed by atoms with van der Waals surface area (Å²) in [7, 11) is -4.99. The maximum Gasteiger partial charge on any atom is 0.362 e. The molecule has 0 aromatic carbocycles. The number of β-lactam (4-membered cyclic amide) rings is 1. The van der Waals surface area contributed by atoms with Crippen LogP contribution in [0.25, 0.3) is 0 Å². The number of thiazole rings is 1. The number of carbonyl (C=O) groups excluding carboxylic acids is 2. The van der Waals surface area contributed by atoms with Crippen LogP contribution in [0.5, 0.6) is 0 Å². The molecule has 200 valence electrons. The number of anilines is 1. The summed E-state index contributed by atoms with van der Waals surface area (Å²) in [5.41, 5.74) is 8.72. The number of nitrogens with one attached hydrogen (secondary N) is 1. The van der Waals surface area contributed by atoms with Gasteiger partial charge in [0.1, 0.15) is 23.5 Å². The molecule has 2 aromatic heterocycles. The highest BCUT2D eigenvalue weighted by molar-refractivity contribution is 7.84. The van der Waals surface area contributed by atoms with E-state index >= 15 is 0 Å². The Morgan fingerprint density at radius 3 is 2.68 bits per heavy atom. The summed E-state index contributed by atoms with van der Waals surface area (Å²) >= 11 is 0.952. The van der Waals surface area contributed by atoms with Crippen LogP contribution in [0.1, 0.15) is 25.2 Å². The number of nitrogens with zero attached hydrogens (tertiary/aromatic N) is 7. The molecule has 2 atom stereocenters. The van der Waals surface area contributed by atoms with Crippen LogP contribution >= 0.6 is 11.3 Å². The third-order valence-corrected chi connectivity index (χ3v) is 6.48. The number of hydrogen-bond acceptors (Lipinski definition) is 13. The summed E-state index contributed by atoms with van der Waals surface area (Å²) < 4.78 is 33.2. The molecule has 3 heterocycles. The topological polar surface area (TPSA) is 271 Å². The molecular formula is C17H22N10O8S2. The van der Waals surface area contributed by atoms with Crippen LogP contribution in [0, 0.1) is 0 Å². The number of carbonyl (C=O) groups is 3. The number of aromatic nitrogens is 4. The van der Waals surface area contributed by atoms with Gasteiger partial charge >= 0.3 is 16.3 Å². The van der Waals surface area contributed by atoms with E-state index in [0.29, 0.717) is 5.69 Å². The molecule has 2 unspecified atom stereocenters. The Balaban J connectivity index is 1.87. The van der Waals surface area contributed by atoms with E-state index in [0.717, 1.165) is 22.5 Å². The molecule has 37 heavy (non-hydrogen) atoms. The largest absolute Gasteiger partial charge is 0.478 e. The van der Waals surface area contributed by atoms with Crippen molar-refractivity contribution in [1.82, 2.24) is 29.6 Å². The Kier molecular flexibility index (Phi) is 7.74. The molecular weight excluding hydrogens is 536 g/mol. The van der Waals surface area contributed by atoms with E-state index in [-0.39, 0.29) is 28.2 Å². The van der Waals surface area contributed by atoms with Gasteiger partial charge in [0.2, 0.25) is 5.60 Å². The van der Waals surface area contributed by atoms with Gasteiger partial charge in [0.25, 0.3) is 11.8 Å². The van der Waals surface area contributed by atoms with Crippen LogP contribution in [0.3, 0.4) is 0 Å². The summed E-state index contributed by atoms with van der Waals surface area (Å²) in [6.07, 6.45) is 2.39. The van der Waals surface area contributed by atoms with Crippen molar-refractivity contribution in [3.8, 4) is 0 Å². The molecule has 1 saturated heterocycles. The van der Waals surface area contributed by atoms with Crippen molar-refractivity contribution < 1.29 is 37.3 Å². The van der Waals surface area contributed by atoms with Gasteiger partial charge in [0.05, 0.1) is 25.6 Å². The fraction of sp³-hybridized carbons (Fsp3) is 0.412. The van der Waals surface area contributed by atoms with Crippen molar-refractivity contribution in [3.05, 3.63) is 23.0 Å². The first kappa shape index (κ1) is 27.4. The van der Waals surface area contributed by atoms with E-state index in [1.807, 2.05) is 0 Å². The third-order valence-electron chi connectivity index (χ3n) is 4.86. The standard InChI is InChI=1S/C17H22N10O8S2/c1-17(2,15(30)31)35-25-11(9-6-36-16(19)22-9)13(28)23-12-10(27(14(12)29)37(32,33)34)5-26-21-4-8(24-26)3-20-7-18/h4,6-7,10,12H,3,5H2,1-2H3,(H2,18,20)(H2,19,22)(H,23,28)(H,30,31)(H,32,33,34)/b25-11-. The lowest BCUT2D eigenvalue weighted by Crippen LogP contribution is -2.73. The second kappa shape index (κ2) is 10.4. The van der Waals surface area contributed by atoms with Crippen LogP contribution in [-0.4, -0.2) is 89.9 Å². The predicted molar refractivity (Wildman–Crippen MR) is 126 cm³/mol. The number of nitrogen functional groups attached to an aromatic ring is 1. The molecule has 0 saturated carbocycles. The van der Waals surface area contributed by atoms with Crippen molar-refractivity contribution in [2.45, 2.75) is 44.6 Å². The fourth-order valence-corrected chi connectivity index (χ4v) is 4.38. The van der Waals surface area contributed by atoms with E-state index in [4.69, 9.17) is 16.3 Å². The molecule has 0 bridgehead atoms. The SMILES string of the molecule is CC(C)(O/N=C(\C(=O)NC1C(=O)N(S(=O)(=O)O)C1Cn1ncc(CN=CN)n1)c1csc(N)n1)C(=O)O. The summed E-state index contributed by atoms with van der Waals surface area (Å²) in [4.78, 5) is 50.7. The average molecular weight is 559 g/mol. The van der Waals surface area contributed by atoms with Gasteiger partial charge in [-0.15, -0.1) is 11.3 Å². The zero-order chi connectivity index (χ0) is 27.5. The van der Waals surface area contributed by atoms with Crippen molar-refractivity contribution >= 4 is 56.6 Å². The number of nitrogens with two attached hydrogens (primary N) is 2. The molecule has 2 aromatic rings. The number of amides is 2. The number of rotatable bonds is 11. The Hall–Kier alpha value is -4.17. The summed E-state index contributed by atoms with van der Waals surface area (Å²) in [6.45, 7) is 2.11. The highest BCUT2D eigenvalue weighted by Crippen LogP contribution is 2.25. The fourth-order valence-electron chi connectivity index (χ4n) is 2.96. The van der Waals surface area contributed by atoms with Crippen molar-refractivity contribution in [2.24, 2.45) is 15.9 Å². The van der Waals surface area contributed by atoms with Gasteiger partial charge in [0, 0.05) is 5.38 Å². The molecule has 1 aliphatic rings. The number of aliphatic carboxylic acids is 1. The van der Waals surface area contributed by atoms with Gasteiger partial charge < -0.3 is 26.7 Å². The van der Waals surface area contributed by atoms with Gasteiger partial charge in [-0.2, -0.15) is 23.4 Å². The lowest BCUT2D eigenvalue weighted by atomic mass is 9.98. The quantitative estimate of drug-likeness (QED) is 0.0632. The first-order valence-electron chi connectivity index (χ1n) is 10.2. The van der Waals surface area contributed by atoms with Crippen LogP contribution in [-0.2, 0) is 42.6 Å². The minimum Gasteiger partial charge on any atom is -0.478 e. The molecule has 2 amide bonds. The summed E-state index contributed by atoms with van der Waals surface area (Å²) in [6, 6.07) is -2.80. The zero-order valence-corrected chi connectivity index (χ0v) is 20.9. The van der Waals surface area contributed by atoms with E-state index in [1.165, 1.54) is 25.4 Å². The first-order chi connectivity index (χ1) is 17.2. The molecule has 0 radical (unpaired) electrons. The minimum atomic E-state index is -4.99.